The Bertz CT molecular complexity index is 486. The number of pyridine rings is 1. The first-order valence-electron chi connectivity index (χ1n) is 7.86. The summed E-state index contributed by atoms with van der Waals surface area (Å²) in [5, 5.41) is 12.4. The van der Waals surface area contributed by atoms with Crippen LogP contribution in [0.4, 0.5) is 5.82 Å². The number of hydrogen-bond acceptors (Lipinski definition) is 4. The lowest BCUT2D eigenvalue weighted by Crippen LogP contribution is -2.35. The number of aromatic nitrogens is 1. The number of carbonyl (C=O) groups excluding carboxylic acids is 1. The van der Waals surface area contributed by atoms with Gasteiger partial charge in [-0.25, -0.2) is 4.98 Å². The maximum Gasteiger partial charge on any atom is 0.254 e. The Hall–Kier alpha value is -1.62. The zero-order chi connectivity index (χ0) is 15.2. The highest BCUT2D eigenvalue weighted by Crippen LogP contribution is 2.28. The predicted octanol–water partition coefficient (Wildman–Crippen LogP) is 2.06. The number of hydrogen-bond donors (Lipinski definition) is 2. The first-order chi connectivity index (χ1) is 10.2. The molecule has 0 atom stereocenters. The summed E-state index contributed by atoms with van der Waals surface area (Å²) in [7, 11) is 0. The van der Waals surface area contributed by atoms with E-state index in [9.17, 15) is 4.79 Å². The van der Waals surface area contributed by atoms with E-state index in [-0.39, 0.29) is 12.5 Å². The average molecular weight is 291 g/mol. The van der Waals surface area contributed by atoms with Gasteiger partial charge in [0.15, 0.2) is 0 Å². The van der Waals surface area contributed by atoms with Crippen LogP contribution >= 0.6 is 0 Å². The number of carbonyl (C=O) groups is 1. The molecule has 0 radical (unpaired) electrons. The van der Waals surface area contributed by atoms with Crippen molar-refractivity contribution < 1.29 is 9.90 Å². The van der Waals surface area contributed by atoms with E-state index in [0.717, 1.165) is 43.7 Å². The maximum atomic E-state index is 12.7. The van der Waals surface area contributed by atoms with E-state index >= 15 is 0 Å². The molecule has 1 aliphatic carbocycles. The fraction of sp³-hybridized carbons (Fsp3) is 0.625. The van der Waals surface area contributed by atoms with Crippen molar-refractivity contribution in [2.24, 2.45) is 0 Å². The van der Waals surface area contributed by atoms with Crippen molar-refractivity contribution in [3.05, 3.63) is 23.4 Å². The lowest BCUT2D eigenvalue weighted by molar-refractivity contribution is 0.0707. The summed E-state index contributed by atoms with van der Waals surface area (Å²) in [6, 6.07) is 3.99. The number of nitrogens with one attached hydrogen (secondary N) is 1. The average Bonchev–Trinajstić information content (AvgIpc) is 3.34. The molecule has 5 heteroatoms. The zero-order valence-electron chi connectivity index (χ0n) is 12.9. The van der Waals surface area contributed by atoms with E-state index < -0.39 is 0 Å². The highest BCUT2D eigenvalue weighted by molar-refractivity contribution is 5.95. The molecule has 0 saturated heterocycles. The molecule has 1 aromatic rings. The predicted molar refractivity (Wildman–Crippen MR) is 83.5 cm³/mol. The van der Waals surface area contributed by atoms with Gasteiger partial charge in [-0.05, 0) is 37.8 Å². The van der Waals surface area contributed by atoms with E-state index in [4.69, 9.17) is 5.11 Å². The van der Waals surface area contributed by atoms with Gasteiger partial charge in [0.1, 0.15) is 5.82 Å². The molecular formula is C16H25N3O2. The van der Waals surface area contributed by atoms with Crippen LogP contribution in [0.3, 0.4) is 0 Å². The summed E-state index contributed by atoms with van der Waals surface area (Å²) >= 11 is 0. The number of aliphatic hydroxyl groups excluding tert-OH is 1. The Morgan fingerprint density at radius 1 is 1.43 bits per heavy atom. The lowest BCUT2D eigenvalue weighted by Gasteiger charge is -2.22. The van der Waals surface area contributed by atoms with Crippen LogP contribution in [0.15, 0.2) is 12.1 Å². The van der Waals surface area contributed by atoms with E-state index in [2.05, 4.69) is 17.2 Å². The molecule has 1 aromatic heterocycles. The molecule has 1 amide bonds. The summed E-state index contributed by atoms with van der Waals surface area (Å²) in [6.07, 6.45) is 3.89. The second-order valence-corrected chi connectivity index (χ2v) is 5.47. The lowest BCUT2D eigenvalue weighted by atomic mass is 10.1. The topological polar surface area (TPSA) is 65.5 Å². The Morgan fingerprint density at radius 2 is 2.19 bits per heavy atom. The first kappa shape index (κ1) is 15.8. The molecule has 0 aliphatic heterocycles. The third kappa shape index (κ3) is 4.17. The molecule has 0 spiro atoms. The SMILES string of the molecule is CCCNc1cc(C(=O)N(CCO)C2CC2)cc(CC)n1. The highest BCUT2D eigenvalue weighted by atomic mass is 16.3. The number of amides is 1. The third-order valence-corrected chi connectivity index (χ3v) is 3.63. The third-order valence-electron chi connectivity index (χ3n) is 3.63. The van der Waals surface area contributed by atoms with Gasteiger partial charge in [0, 0.05) is 30.4 Å². The molecule has 21 heavy (non-hydrogen) atoms. The molecule has 1 heterocycles. The fourth-order valence-corrected chi connectivity index (χ4v) is 2.35. The van der Waals surface area contributed by atoms with Gasteiger partial charge in [-0.3, -0.25) is 4.79 Å². The second-order valence-electron chi connectivity index (χ2n) is 5.47. The molecule has 1 saturated carbocycles. The second kappa shape index (κ2) is 7.41. The van der Waals surface area contributed by atoms with Gasteiger partial charge in [0.25, 0.3) is 5.91 Å². The van der Waals surface area contributed by atoms with Crippen molar-refractivity contribution in [1.82, 2.24) is 9.88 Å². The molecule has 116 valence electrons. The van der Waals surface area contributed by atoms with E-state index in [1.165, 1.54) is 0 Å². The van der Waals surface area contributed by atoms with Crippen LogP contribution in [0.2, 0.25) is 0 Å². The monoisotopic (exact) mass is 291 g/mol. The van der Waals surface area contributed by atoms with Crippen molar-refractivity contribution >= 4 is 11.7 Å². The van der Waals surface area contributed by atoms with Crippen LogP contribution in [-0.2, 0) is 6.42 Å². The van der Waals surface area contributed by atoms with E-state index in [1.807, 2.05) is 19.1 Å². The standard InChI is InChI=1S/C16H25N3O2/c1-3-7-17-15-11-12(10-13(4-2)18-15)16(21)19(8-9-20)14-5-6-14/h10-11,14,20H,3-9H2,1-2H3,(H,17,18). The van der Waals surface area contributed by atoms with Gasteiger partial charge in [0.2, 0.25) is 0 Å². The smallest absolute Gasteiger partial charge is 0.254 e. The molecule has 5 nitrogen and oxygen atoms in total. The molecule has 2 rings (SSSR count). The van der Waals surface area contributed by atoms with E-state index in [0.29, 0.717) is 18.2 Å². The van der Waals surface area contributed by atoms with Crippen molar-refractivity contribution in [1.29, 1.82) is 0 Å². The van der Waals surface area contributed by atoms with Gasteiger partial charge >= 0.3 is 0 Å². The van der Waals surface area contributed by atoms with Crippen molar-refractivity contribution in [2.45, 2.75) is 45.6 Å². The number of aryl methyl sites for hydroxylation is 1. The summed E-state index contributed by atoms with van der Waals surface area (Å²) in [5.41, 5.74) is 1.58. The molecule has 0 unspecified atom stereocenters. The van der Waals surface area contributed by atoms with Crippen LogP contribution in [-0.4, -0.2) is 46.6 Å². The minimum atomic E-state index is 0.00296. The van der Waals surface area contributed by atoms with Crippen LogP contribution in [0.25, 0.3) is 0 Å². The Morgan fingerprint density at radius 3 is 2.76 bits per heavy atom. The largest absolute Gasteiger partial charge is 0.395 e. The van der Waals surface area contributed by atoms with Gasteiger partial charge in [-0.2, -0.15) is 0 Å². The molecule has 1 fully saturated rings. The summed E-state index contributed by atoms with van der Waals surface area (Å²) in [6.45, 7) is 5.39. The normalized spacial score (nSPS) is 14.0. The summed E-state index contributed by atoms with van der Waals surface area (Å²) < 4.78 is 0. The van der Waals surface area contributed by atoms with Gasteiger partial charge in [-0.1, -0.05) is 13.8 Å². The molecular weight excluding hydrogens is 266 g/mol. The quantitative estimate of drug-likeness (QED) is 0.769. The van der Waals surface area contributed by atoms with E-state index in [1.54, 1.807) is 4.90 Å². The molecule has 0 bridgehead atoms. The van der Waals surface area contributed by atoms with Gasteiger partial charge in [-0.15, -0.1) is 0 Å². The molecule has 2 N–H and O–H groups in total. The van der Waals surface area contributed by atoms with Gasteiger partial charge < -0.3 is 15.3 Å². The van der Waals surface area contributed by atoms with Gasteiger partial charge in [0.05, 0.1) is 6.61 Å². The highest BCUT2D eigenvalue weighted by Gasteiger charge is 2.32. The maximum absolute atomic E-state index is 12.7. The zero-order valence-corrected chi connectivity index (χ0v) is 12.9. The van der Waals surface area contributed by atoms with Crippen LogP contribution in [0.5, 0.6) is 0 Å². The number of rotatable bonds is 8. The summed E-state index contributed by atoms with van der Waals surface area (Å²) in [4.78, 5) is 19.0. The van der Waals surface area contributed by atoms with Crippen LogP contribution in [0, 0.1) is 0 Å². The molecule has 0 aromatic carbocycles. The minimum absolute atomic E-state index is 0.00296. The van der Waals surface area contributed by atoms with Crippen molar-refractivity contribution in [3.63, 3.8) is 0 Å². The Labute approximate surface area is 126 Å². The van der Waals surface area contributed by atoms with Crippen LogP contribution in [0.1, 0.15) is 49.2 Å². The Kier molecular flexibility index (Phi) is 5.56. The van der Waals surface area contributed by atoms with Crippen LogP contribution < -0.4 is 5.32 Å². The fourth-order valence-electron chi connectivity index (χ4n) is 2.35. The number of anilines is 1. The van der Waals surface area contributed by atoms with Crippen molar-refractivity contribution in [3.8, 4) is 0 Å². The Balaban J connectivity index is 2.21. The minimum Gasteiger partial charge on any atom is -0.395 e. The van der Waals surface area contributed by atoms with Crippen molar-refractivity contribution in [2.75, 3.05) is 25.0 Å². The summed E-state index contributed by atoms with van der Waals surface area (Å²) in [5.74, 6) is 0.766. The molecule has 1 aliphatic rings. The first-order valence-corrected chi connectivity index (χ1v) is 7.86. The number of nitrogens with zero attached hydrogens (tertiary/aromatic N) is 2. The number of aliphatic hydroxyl groups is 1.